The molecule has 0 heterocycles. The quantitative estimate of drug-likeness (QED) is 0.517. The van der Waals surface area contributed by atoms with Gasteiger partial charge in [0.25, 0.3) is 0 Å². The largest absolute Gasteiger partial charge is 0.322 e. The Morgan fingerprint density at radius 1 is 1.31 bits per heavy atom. The summed E-state index contributed by atoms with van der Waals surface area (Å²) in [6.45, 7) is 3.13. The number of rotatable bonds is 7. The number of halogens is 2. The number of nitrogens with two attached hydrogens (primary N) is 1. The van der Waals surface area contributed by atoms with Crippen molar-refractivity contribution >= 4 is 11.8 Å². The van der Waals surface area contributed by atoms with Gasteiger partial charge in [0.05, 0.1) is 0 Å². The van der Waals surface area contributed by atoms with Gasteiger partial charge in [-0.1, -0.05) is 13.8 Å². The van der Waals surface area contributed by atoms with E-state index in [1.807, 2.05) is 0 Å². The summed E-state index contributed by atoms with van der Waals surface area (Å²) in [7, 11) is 0. The third-order valence-electron chi connectivity index (χ3n) is 2.01. The maximum absolute atomic E-state index is 13.0. The summed E-state index contributed by atoms with van der Waals surface area (Å²) in [5, 5.41) is 0. The summed E-state index contributed by atoms with van der Waals surface area (Å²) in [6, 6.07) is 0. The molecule has 0 atom stereocenters. The molecule has 2 N–H and O–H groups in total. The minimum Gasteiger partial charge on any atom is -0.322 e. The zero-order valence-electron chi connectivity index (χ0n) is 8.35. The lowest BCUT2D eigenvalue weighted by Gasteiger charge is -2.19. The molecule has 80 valence electrons. The first-order chi connectivity index (χ1) is 6.00. The van der Waals surface area contributed by atoms with E-state index in [2.05, 4.69) is 0 Å². The van der Waals surface area contributed by atoms with Crippen LogP contribution in [0.4, 0.5) is 8.78 Å². The molecule has 0 aromatic heterocycles. The van der Waals surface area contributed by atoms with Gasteiger partial charge in [0.1, 0.15) is 0 Å². The van der Waals surface area contributed by atoms with Crippen molar-refractivity contribution in [1.29, 1.82) is 0 Å². The Balaban J connectivity index is 3.41. The summed E-state index contributed by atoms with van der Waals surface area (Å²) in [5.41, 5.74) is 5.26. The predicted molar refractivity (Wildman–Crippen MR) is 55.1 cm³/mol. The fraction of sp³-hybridized carbons (Fsp3) is 1.00. The second-order valence-corrected chi connectivity index (χ2v) is 4.60. The Morgan fingerprint density at radius 2 is 1.92 bits per heavy atom. The fourth-order valence-electron chi connectivity index (χ4n) is 0.937. The van der Waals surface area contributed by atoms with E-state index in [0.717, 1.165) is 12.2 Å². The van der Waals surface area contributed by atoms with Crippen LogP contribution in [0.1, 0.15) is 33.1 Å². The molecule has 0 fully saturated rings. The van der Waals surface area contributed by atoms with Crippen LogP contribution in [0.5, 0.6) is 0 Å². The van der Waals surface area contributed by atoms with E-state index in [4.69, 9.17) is 5.73 Å². The van der Waals surface area contributed by atoms with Crippen LogP contribution in [0, 0.1) is 5.92 Å². The van der Waals surface area contributed by atoms with Gasteiger partial charge in [-0.25, -0.2) is 8.78 Å². The van der Waals surface area contributed by atoms with Gasteiger partial charge in [0, 0.05) is 18.2 Å². The van der Waals surface area contributed by atoms with Crippen LogP contribution in [-0.4, -0.2) is 17.6 Å². The highest BCUT2D eigenvalue weighted by Gasteiger charge is 2.31. The van der Waals surface area contributed by atoms with Gasteiger partial charge in [-0.2, -0.15) is 0 Å². The summed E-state index contributed by atoms with van der Waals surface area (Å²) >= 11 is 1.60. The molecule has 0 unspecified atom stereocenters. The standard InChI is InChI=1S/C9H19F2NS/c1-8(2)9(10,11)5-3-4-6-13-7-12/h8H,3-7,12H2,1-2H3. The van der Waals surface area contributed by atoms with E-state index in [1.54, 1.807) is 25.6 Å². The van der Waals surface area contributed by atoms with E-state index in [1.165, 1.54) is 0 Å². The van der Waals surface area contributed by atoms with Gasteiger partial charge >= 0.3 is 0 Å². The highest BCUT2D eigenvalue weighted by molar-refractivity contribution is 7.99. The van der Waals surface area contributed by atoms with Crippen molar-refractivity contribution in [3.8, 4) is 0 Å². The third-order valence-corrected chi connectivity index (χ3v) is 2.82. The van der Waals surface area contributed by atoms with E-state index >= 15 is 0 Å². The van der Waals surface area contributed by atoms with Crippen LogP contribution >= 0.6 is 11.8 Å². The lowest BCUT2D eigenvalue weighted by atomic mass is 10.0. The smallest absolute Gasteiger partial charge is 0.250 e. The molecule has 0 radical (unpaired) electrons. The monoisotopic (exact) mass is 211 g/mol. The van der Waals surface area contributed by atoms with Crippen molar-refractivity contribution in [3.05, 3.63) is 0 Å². The van der Waals surface area contributed by atoms with E-state index in [0.29, 0.717) is 12.3 Å². The van der Waals surface area contributed by atoms with E-state index in [-0.39, 0.29) is 6.42 Å². The Bertz CT molecular complexity index is 129. The van der Waals surface area contributed by atoms with Gasteiger partial charge in [0.15, 0.2) is 0 Å². The van der Waals surface area contributed by atoms with Crippen LogP contribution in [0.3, 0.4) is 0 Å². The van der Waals surface area contributed by atoms with Crippen molar-refractivity contribution in [2.45, 2.75) is 39.0 Å². The Kier molecular flexibility index (Phi) is 6.68. The van der Waals surface area contributed by atoms with Crippen LogP contribution in [-0.2, 0) is 0 Å². The van der Waals surface area contributed by atoms with Crippen LogP contribution in [0.25, 0.3) is 0 Å². The first kappa shape index (κ1) is 13.2. The fourth-order valence-corrected chi connectivity index (χ4v) is 1.51. The number of hydrogen-bond acceptors (Lipinski definition) is 2. The van der Waals surface area contributed by atoms with Crippen molar-refractivity contribution in [1.82, 2.24) is 0 Å². The van der Waals surface area contributed by atoms with Gasteiger partial charge in [-0.05, 0) is 18.6 Å². The topological polar surface area (TPSA) is 26.0 Å². The zero-order valence-corrected chi connectivity index (χ0v) is 9.17. The van der Waals surface area contributed by atoms with E-state index in [9.17, 15) is 8.78 Å². The minimum atomic E-state index is -2.49. The van der Waals surface area contributed by atoms with Gasteiger partial charge in [-0.15, -0.1) is 11.8 Å². The summed E-state index contributed by atoms with van der Waals surface area (Å²) in [4.78, 5) is 0. The molecule has 0 aliphatic carbocycles. The van der Waals surface area contributed by atoms with Crippen LogP contribution in [0.15, 0.2) is 0 Å². The SMILES string of the molecule is CC(C)C(F)(F)CCCCSCN. The molecular formula is C9H19F2NS. The first-order valence-corrected chi connectivity index (χ1v) is 5.82. The number of alkyl halides is 2. The summed E-state index contributed by atoms with van der Waals surface area (Å²) < 4.78 is 26.0. The second-order valence-electron chi connectivity index (χ2n) is 3.45. The number of thioether (sulfide) groups is 1. The molecule has 0 spiro atoms. The van der Waals surface area contributed by atoms with Gasteiger partial charge in [-0.3, -0.25) is 0 Å². The molecule has 0 aromatic carbocycles. The highest BCUT2D eigenvalue weighted by Crippen LogP contribution is 2.29. The first-order valence-electron chi connectivity index (χ1n) is 4.66. The molecule has 0 rings (SSSR count). The molecule has 0 aliphatic heterocycles. The molecule has 13 heavy (non-hydrogen) atoms. The lowest BCUT2D eigenvalue weighted by molar-refractivity contribution is -0.0536. The average molecular weight is 211 g/mol. The number of unbranched alkanes of at least 4 members (excludes halogenated alkanes) is 1. The third kappa shape index (κ3) is 6.27. The van der Waals surface area contributed by atoms with Crippen molar-refractivity contribution < 1.29 is 8.78 Å². The molecule has 0 bridgehead atoms. The van der Waals surface area contributed by atoms with E-state index < -0.39 is 11.8 Å². The maximum Gasteiger partial charge on any atom is 0.250 e. The Morgan fingerprint density at radius 3 is 2.38 bits per heavy atom. The lowest BCUT2D eigenvalue weighted by Crippen LogP contribution is -2.23. The Labute approximate surface area is 83.5 Å². The van der Waals surface area contributed by atoms with Crippen molar-refractivity contribution in [3.63, 3.8) is 0 Å². The predicted octanol–water partition coefficient (Wildman–Crippen LogP) is 3.10. The molecule has 0 aromatic rings. The van der Waals surface area contributed by atoms with Gasteiger partial charge < -0.3 is 5.73 Å². The average Bonchev–Trinajstić information content (AvgIpc) is 2.03. The molecule has 0 amide bonds. The minimum absolute atomic E-state index is 0.00972. The molecule has 1 nitrogen and oxygen atoms in total. The summed E-state index contributed by atoms with van der Waals surface area (Å²) in [5.74, 6) is -1.56. The maximum atomic E-state index is 13.0. The highest BCUT2D eigenvalue weighted by atomic mass is 32.2. The molecule has 0 aliphatic rings. The summed E-state index contributed by atoms with van der Waals surface area (Å²) in [6.07, 6.45) is 1.44. The zero-order chi connectivity index (χ0) is 10.3. The molecule has 4 heteroatoms. The Hall–Kier alpha value is 0.170. The van der Waals surface area contributed by atoms with Crippen molar-refractivity contribution in [2.24, 2.45) is 11.7 Å². The number of hydrogen-bond donors (Lipinski definition) is 1. The van der Waals surface area contributed by atoms with Gasteiger partial charge in [0.2, 0.25) is 5.92 Å². The molecule has 0 saturated heterocycles. The van der Waals surface area contributed by atoms with Crippen molar-refractivity contribution in [2.75, 3.05) is 11.6 Å². The molecule has 0 saturated carbocycles. The normalized spacial score (nSPS) is 12.5. The van der Waals surface area contributed by atoms with Crippen LogP contribution in [0.2, 0.25) is 0 Å². The molecular weight excluding hydrogens is 192 g/mol. The second kappa shape index (κ2) is 6.60. The van der Waals surface area contributed by atoms with Crippen LogP contribution < -0.4 is 5.73 Å².